The maximum absolute atomic E-state index is 12.3. The first-order chi connectivity index (χ1) is 13.3. The summed E-state index contributed by atoms with van der Waals surface area (Å²) in [5, 5.41) is 3.66. The van der Waals surface area contributed by atoms with Crippen LogP contribution in [0.3, 0.4) is 0 Å². The first-order valence-corrected chi connectivity index (χ1v) is 10.8. The van der Waals surface area contributed by atoms with Gasteiger partial charge in [-0.3, -0.25) is 9.59 Å². The van der Waals surface area contributed by atoms with Gasteiger partial charge in [0.15, 0.2) is 0 Å². The van der Waals surface area contributed by atoms with Crippen LogP contribution in [0.2, 0.25) is 5.02 Å². The number of primary amides is 1. The highest BCUT2D eigenvalue weighted by molar-refractivity contribution is 7.99. The number of halogens is 1. The van der Waals surface area contributed by atoms with E-state index in [4.69, 9.17) is 22.1 Å². The number of hydrogen-bond donors (Lipinski definition) is 2. The minimum Gasteiger partial charge on any atom is -0.462 e. The van der Waals surface area contributed by atoms with Gasteiger partial charge in [0.1, 0.15) is 9.88 Å². The smallest absolute Gasteiger partial charge is 0.348 e. The van der Waals surface area contributed by atoms with Crippen molar-refractivity contribution in [2.45, 2.75) is 31.6 Å². The maximum Gasteiger partial charge on any atom is 0.348 e. The molecule has 0 aliphatic carbocycles. The van der Waals surface area contributed by atoms with Gasteiger partial charge >= 0.3 is 5.97 Å². The summed E-state index contributed by atoms with van der Waals surface area (Å²) >= 11 is 8.49. The highest BCUT2D eigenvalue weighted by Gasteiger charge is 2.25. The number of carbonyl (C=O) groups is 3. The molecular formula is C19H21ClN2O4S2. The quantitative estimate of drug-likeness (QED) is 0.340. The molecule has 0 atom stereocenters. The molecule has 0 spiro atoms. The summed E-state index contributed by atoms with van der Waals surface area (Å²) in [5.41, 5.74) is 6.00. The van der Waals surface area contributed by atoms with Crippen molar-refractivity contribution in [1.82, 2.24) is 0 Å². The number of benzene rings is 1. The molecule has 1 aromatic carbocycles. The van der Waals surface area contributed by atoms with Crippen molar-refractivity contribution < 1.29 is 19.1 Å². The van der Waals surface area contributed by atoms with Crippen LogP contribution in [0, 0.1) is 6.92 Å². The molecule has 0 unspecified atom stereocenters. The highest BCUT2D eigenvalue weighted by Crippen LogP contribution is 2.33. The molecule has 0 saturated heterocycles. The monoisotopic (exact) mass is 440 g/mol. The van der Waals surface area contributed by atoms with E-state index in [0.29, 0.717) is 17.0 Å². The minimum absolute atomic E-state index is 0.150. The molecule has 0 fully saturated rings. The third-order valence-electron chi connectivity index (χ3n) is 3.74. The Morgan fingerprint density at radius 3 is 2.54 bits per heavy atom. The van der Waals surface area contributed by atoms with Gasteiger partial charge in [-0.1, -0.05) is 11.6 Å². The van der Waals surface area contributed by atoms with Gasteiger partial charge in [-0.25, -0.2) is 4.79 Å². The van der Waals surface area contributed by atoms with Crippen molar-refractivity contribution >= 4 is 57.5 Å². The Morgan fingerprint density at radius 1 is 1.25 bits per heavy atom. The Kier molecular flexibility index (Phi) is 8.35. The molecule has 2 rings (SSSR count). The number of nitrogens with one attached hydrogen (secondary N) is 1. The summed E-state index contributed by atoms with van der Waals surface area (Å²) in [4.78, 5) is 37.4. The van der Waals surface area contributed by atoms with E-state index < -0.39 is 11.9 Å². The number of thiophene rings is 1. The van der Waals surface area contributed by atoms with Gasteiger partial charge in [0, 0.05) is 16.3 Å². The molecule has 150 valence electrons. The van der Waals surface area contributed by atoms with Crippen molar-refractivity contribution in [3.05, 3.63) is 45.3 Å². The zero-order valence-corrected chi connectivity index (χ0v) is 17.9. The van der Waals surface area contributed by atoms with Crippen LogP contribution in [-0.4, -0.2) is 30.1 Å². The topological polar surface area (TPSA) is 98.5 Å². The molecule has 0 radical (unpaired) electrons. The Morgan fingerprint density at radius 2 is 1.93 bits per heavy atom. The van der Waals surface area contributed by atoms with Gasteiger partial charge in [0.05, 0.1) is 12.2 Å². The number of carbonyl (C=O) groups excluding carboxylic acids is 3. The average Bonchev–Trinajstić information content (AvgIpc) is 2.96. The first kappa shape index (κ1) is 22.3. The zero-order chi connectivity index (χ0) is 20.7. The van der Waals surface area contributed by atoms with Crippen LogP contribution in [0.15, 0.2) is 29.2 Å². The lowest BCUT2D eigenvalue weighted by atomic mass is 10.1. The number of amides is 2. The Labute approximate surface area is 176 Å². The van der Waals surface area contributed by atoms with Crippen molar-refractivity contribution in [1.29, 1.82) is 0 Å². The summed E-state index contributed by atoms with van der Waals surface area (Å²) in [6, 6.07) is 7.50. The molecule has 1 heterocycles. The van der Waals surface area contributed by atoms with Crippen molar-refractivity contribution in [2.24, 2.45) is 5.73 Å². The number of nitrogens with two attached hydrogens (primary N) is 1. The molecule has 3 N–H and O–H groups in total. The SMILES string of the molecule is CCOC(=O)c1sc(NC(=O)CCCSc2ccc(Cl)cc2)c(C(N)=O)c1C. The maximum atomic E-state index is 12.3. The van der Waals surface area contributed by atoms with E-state index in [-0.39, 0.29) is 34.4 Å². The molecule has 28 heavy (non-hydrogen) atoms. The molecule has 2 aromatic rings. The molecule has 1 aromatic heterocycles. The van der Waals surface area contributed by atoms with Gasteiger partial charge in [0.2, 0.25) is 5.91 Å². The van der Waals surface area contributed by atoms with Gasteiger partial charge in [-0.2, -0.15) is 0 Å². The van der Waals surface area contributed by atoms with Crippen LogP contribution < -0.4 is 11.1 Å². The summed E-state index contributed by atoms with van der Waals surface area (Å²) in [7, 11) is 0. The minimum atomic E-state index is -0.696. The Bertz CT molecular complexity index is 866. The van der Waals surface area contributed by atoms with Gasteiger partial charge in [0.25, 0.3) is 5.91 Å². The molecule has 6 nitrogen and oxygen atoms in total. The van der Waals surface area contributed by atoms with E-state index in [0.717, 1.165) is 22.0 Å². The fourth-order valence-corrected chi connectivity index (χ4v) is 4.53. The molecule has 0 aliphatic rings. The normalized spacial score (nSPS) is 10.5. The number of hydrogen-bond acceptors (Lipinski definition) is 6. The molecule has 9 heteroatoms. The predicted molar refractivity (Wildman–Crippen MR) is 114 cm³/mol. The predicted octanol–water partition coefficient (Wildman–Crippen LogP) is 4.50. The fraction of sp³-hybridized carbons (Fsp3) is 0.316. The van der Waals surface area contributed by atoms with Crippen molar-refractivity contribution in [3.8, 4) is 0 Å². The van der Waals surface area contributed by atoms with Crippen molar-refractivity contribution in [3.63, 3.8) is 0 Å². The zero-order valence-electron chi connectivity index (χ0n) is 15.5. The van der Waals surface area contributed by atoms with Crippen molar-refractivity contribution in [2.75, 3.05) is 17.7 Å². The standard InChI is InChI=1S/C19H21ClN2O4S2/c1-3-26-19(25)16-11(2)15(17(21)24)18(28-16)22-14(23)5-4-10-27-13-8-6-12(20)7-9-13/h6-9H,3-5,10H2,1-2H3,(H2,21,24)(H,22,23). The van der Waals surface area contributed by atoms with Gasteiger partial charge in [-0.15, -0.1) is 23.1 Å². The lowest BCUT2D eigenvalue weighted by molar-refractivity contribution is -0.116. The molecular weight excluding hydrogens is 420 g/mol. The van der Waals surface area contributed by atoms with Crippen LogP contribution in [0.1, 0.15) is 45.4 Å². The number of thioether (sulfide) groups is 1. The van der Waals surface area contributed by atoms with Crippen LogP contribution in [0.5, 0.6) is 0 Å². The fourth-order valence-electron chi connectivity index (χ4n) is 2.43. The second-order valence-corrected chi connectivity index (χ2v) is 8.42. The Hall–Kier alpha value is -2.03. The van der Waals surface area contributed by atoms with E-state index in [1.54, 1.807) is 25.6 Å². The highest BCUT2D eigenvalue weighted by atomic mass is 35.5. The number of ether oxygens (including phenoxy) is 1. The number of rotatable bonds is 9. The molecule has 0 saturated carbocycles. The first-order valence-electron chi connectivity index (χ1n) is 8.62. The lowest BCUT2D eigenvalue weighted by Crippen LogP contribution is -2.17. The average molecular weight is 441 g/mol. The largest absolute Gasteiger partial charge is 0.462 e. The Balaban J connectivity index is 1.95. The van der Waals surface area contributed by atoms with Crippen LogP contribution in [0.4, 0.5) is 5.00 Å². The second kappa shape index (κ2) is 10.5. The van der Waals surface area contributed by atoms with E-state index >= 15 is 0 Å². The third-order valence-corrected chi connectivity index (χ3v) is 6.28. The number of anilines is 1. The van der Waals surface area contributed by atoms with Crippen LogP contribution >= 0.6 is 34.7 Å². The molecule has 0 aliphatic heterocycles. The number of esters is 1. The summed E-state index contributed by atoms with van der Waals surface area (Å²) in [5.74, 6) is -0.712. The molecule has 2 amide bonds. The summed E-state index contributed by atoms with van der Waals surface area (Å²) < 4.78 is 4.99. The van der Waals surface area contributed by atoms with Gasteiger partial charge in [-0.05, 0) is 55.9 Å². The van der Waals surface area contributed by atoms with E-state index in [1.165, 1.54) is 0 Å². The van der Waals surface area contributed by atoms with E-state index in [1.807, 2.05) is 24.3 Å². The second-order valence-electron chi connectivity index (χ2n) is 5.80. The van der Waals surface area contributed by atoms with Gasteiger partial charge < -0.3 is 15.8 Å². The lowest BCUT2D eigenvalue weighted by Gasteiger charge is -2.05. The van der Waals surface area contributed by atoms with Crippen LogP contribution in [0.25, 0.3) is 0 Å². The van der Waals surface area contributed by atoms with E-state index in [2.05, 4.69) is 5.32 Å². The summed E-state index contributed by atoms with van der Waals surface area (Å²) in [6.07, 6.45) is 0.935. The third kappa shape index (κ3) is 5.98. The summed E-state index contributed by atoms with van der Waals surface area (Å²) in [6.45, 7) is 3.52. The van der Waals surface area contributed by atoms with Crippen LogP contribution in [-0.2, 0) is 9.53 Å². The molecule has 0 bridgehead atoms. The van der Waals surface area contributed by atoms with E-state index in [9.17, 15) is 14.4 Å².